The Bertz CT molecular complexity index is 352. The van der Waals surface area contributed by atoms with E-state index in [-0.39, 0.29) is 0 Å². The zero-order chi connectivity index (χ0) is 12.0. The number of carbonyl (C=O) groups is 1. The van der Waals surface area contributed by atoms with E-state index in [0.717, 1.165) is 11.3 Å². The zero-order valence-electron chi connectivity index (χ0n) is 9.35. The lowest BCUT2D eigenvalue weighted by atomic mass is 9.98. The summed E-state index contributed by atoms with van der Waals surface area (Å²) < 4.78 is 5.32. The molecule has 1 aromatic carbocycles. The first kappa shape index (κ1) is 12.5. The molecule has 0 spiro atoms. The number of hydrogen-bond donors (Lipinski definition) is 1. The molecule has 0 heterocycles. The summed E-state index contributed by atoms with van der Waals surface area (Å²) in [5, 5.41) is 9.57. The molecule has 3 heteroatoms. The Morgan fingerprint density at radius 2 is 2.06 bits per heavy atom. The summed E-state index contributed by atoms with van der Waals surface area (Å²) >= 11 is 0. The van der Waals surface area contributed by atoms with E-state index in [1.807, 2.05) is 12.1 Å². The Labute approximate surface area is 95.4 Å². The van der Waals surface area contributed by atoms with E-state index in [2.05, 4.69) is 6.58 Å². The van der Waals surface area contributed by atoms with Gasteiger partial charge < -0.3 is 14.6 Å². The Morgan fingerprint density at radius 1 is 1.44 bits per heavy atom. The molecule has 0 fully saturated rings. The van der Waals surface area contributed by atoms with Crippen molar-refractivity contribution in [1.82, 2.24) is 0 Å². The largest absolute Gasteiger partial charge is 0.490 e. The van der Waals surface area contributed by atoms with E-state index in [9.17, 15) is 9.90 Å². The highest BCUT2D eigenvalue weighted by atomic mass is 16.5. The third-order valence-electron chi connectivity index (χ3n) is 2.11. The van der Waals surface area contributed by atoms with E-state index in [4.69, 9.17) is 4.74 Å². The van der Waals surface area contributed by atoms with Crippen molar-refractivity contribution < 1.29 is 14.6 Å². The first-order valence-electron chi connectivity index (χ1n) is 5.09. The minimum absolute atomic E-state index is 0.304. The maximum atomic E-state index is 10.6. The molecule has 86 valence electrons. The fourth-order valence-electron chi connectivity index (χ4n) is 1.31. The van der Waals surface area contributed by atoms with Crippen LogP contribution in [0, 0.1) is 0 Å². The van der Waals surface area contributed by atoms with Crippen molar-refractivity contribution in [1.29, 1.82) is 0 Å². The Morgan fingerprint density at radius 3 is 2.56 bits per heavy atom. The quantitative estimate of drug-likeness (QED) is 0.586. The van der Waals surface area contributed by atoms with Crippen LogP contribution < -0.4 is 4.74 Å². The van der Waals surface area contributed by atoms with E-state index in [0.29, 0.717) is 19.3 Å². The minimum Gasteiger partial charge on any atom is -0.490 e. The maximum Gasteiger partial charge on any atom is 0.151 e. The summed E-state index contributed by atoms with van der Waals surface area (Å²) in [6, 6.07) is 7.27. The molecular formula is C13H16O3. The normalized spacial score (nSPS) is 13.9. The minimum atomic E-state index is -1.30. The van der Waals surface area contributed by atoms with Crippen molar-refractivity contribution in [2.45, 2.75) is 18.9 Å². The molecule has 0 saturated carbocycles. The van der Waals surface area contributed by atoms with Gasteiger partial charge in [0.2, 0.25) is 0 Å². The van der Waals surface area contributed by atoms with Crippen LogP contribution in [0.4, 0.5) is 0 Å². The molecule has 0 aromatic heterocycles. The smallest absolute Gasteiger partial charge is 0.151 e. The van der Waals surface area contributed by atoms with Crippen LogP contribution in [-0.2, 0) is 11.2 Å². The first-order chi connectivity index (χ1) is 7.57. The Balaban J connectivity index is 2.64. The summed E-state index contributed by atoms with van der Waals surface area (Å²) in [6.07, 6.45) is 2.53. The molecule has 1 unspecified atom stereocenters. The van der Waals surface area contributed by atoms with Crippen LogP contribution in [0.25, 0.3) is 0 Å². The molecule has 1 atom stereocenters. The highest BCUT2D eigenvalue weighted by Crippen LogP contribution is 2.16. The van der Waals surface area contributed by atoms with Crippen molar-refractivity contribution in [3.8, 4) is 5.75 Å². The van der Waals surface area contributed by atoms with Gasteiger partial charge in [0, 0.05) is 6.42 Å². The average molecular weight is 220 g/mol. The SMILES string of the molecule is C=CCOc1ccc(CC(C)(O)C=O)cc1. The molecule has 1 aromatic rings. The van der Waals surface area contributed by atoms with Gasteiger partial charge in [-0.25, -0.2) is 0 Å². The molecule has 0 saturated heterocycles. The average Bonchev–Trinajstić information content (AvgIpc) is 2.28. The third kappa shape index (κ3) is 3.87. The molecule has 1 rings (SSSR count). The fraction of sp³-hybridized carbons (Fsp3) is 0.308. The number of aldehydes is 1. The van der Waals surface area contributed by atoms with E-state index >= 15 is 0 Å². The molecule has 0 aliphatic rings. The Hall–Kier alpha value is -1.61. The Kier molecular flexibility index (Phi) is 4.26. The van der Waals surface area contributed by atoms with Gasteiger partial charge in [0.25, 0.3) is 0 Å². The highest BCUT2D eigenvalue weighted by molar-refractivity contribution is 5.62. The molecule has 0 amide bonds. The summed E-state index contributed by atoms with van der Waals surface area (Å²) in [7, 11) is 0. The molecular weight excluding hydrogens is 204 g/mol. The number of rotatable bonds is 6. The molecule has 0 radical (unpaired) electrons. The standard InChI is InChI=1S/C13H16O3/c1-3-8-16-12-6-4-11(5-7-12)9-13(2,15)10-14/h3-7,10,15H,1,8-9H2,2H3. The molecule has 1 N–H and O–H groups in total. The van der Waals surface area contributed by atoms with Gasteiger partial charge in [-0.15, -0.1) is 0 Å². The van der Waals surface area contributed by atoms with Gasteiger partial charge in [0.1, 0.15) is 18.0 Å². The third-order valence-corrected chi connectivity index (χ3v) is 2.11. The molecule has 0 bridgehead atoms. The van der Waals surface area contributed by atoms with Gasteiger partial charge in [-0.3, -0.25) is 0 Å². The van der Waals surface area contributed by atoms with Crippen LogP contribution in [0.5, 0.6) is 5.75 Å². The molecule has 16 heavy (non-hydrogen) atoms. The molecule has 0 aliphatic heterocycles. The lowest BCUT2D eigenvalue weighted by Crippen LogP contribution is -2.28. The summed E-state index contributed by atoms with van der Waals surface area (Å²) in [5.41, 5.74) is -0.410. The van der Waals surface area contributed by atoms with Crippen LogP contribution in [0.15, 0.2) is 36.9 Å². The van der Waals surface area contributed by atoms with Gasteiger partial charge >= 0.3 is 0 Å². The van der Waals surface area contributed by atoms with E-state index in [1.54, 1.807) is 18.2 Å². The lowest BCUT2D eigenvalue weighted by Gasteiger charge is -2.15. The van der Waals surface area contributed by atoms with E-state index < -0.39 is 5.60 Å². The van der Waals surface area contributed by atoms with Crippen molar-refractivity contribution in [2.75, 3.05) is 6.61 Å². The summed E-state index contributed by atoms with van der Waals surface area (Å²) in [6.45, 7) is 5.51. The summed E-state index contributed by atoms with van der Waals surface area (Å²) in [5.74, 6) is 0.745. The van der Waals surface area contributed by atoms with E-state index in [1.165, 1.54) is 6.92 Å². The van der Waals surface area contributed by atoms with Gasteiger partial charge in [-0.2, -0.15) is 0 Å². The summed E-state index contributed by atoms with van der Waals surface area (Å²) in [4.78, 5) is 10.6. The topological polar surface area (TPSA) is 46.5 Å². The van der Waals surface area contributed by atoms with Crippen molar-refractivity contribution >= 4 is 6.29 Å². The molecule has 3 nitrogen and oxygen atoms in total. The maximum absolute atomic E-state index is 10.6. The predicted octanol–water partition coefficient (Wildman–Crippen LogP) is 1.74. The van der Waals surface area contributed by atoms with Gasteiger partial charge in [0.15, 0.2) is 6.29 Å². The van der Waals surface area contributed by atoms with Gasteiger partial charge in [-0.05, 0) is 24.6 Å². The lowest BCUT2D eigenvalue weighted by molar-refractivity contribution is -0.122. The number of ether oxygens (including phenoxy) is 1. The number of carbonyl (C=O) groups excluding carboxylic acids is 1. The van der Waals surface area contributed by atoms with Crippen LogP contribution >= 0.6 is 0 Å². The van der Waals surface area contributed by atoms with Crippen molar-refractivity contribution in [2.24, 2.45) is 0 Å². The van der Waals surface area contributed by atoms with Crippen LogP contribution in [0.2, 0.25) is 0 Å². The van der Waals surface area contributed by atoms with Gasteiger partial charge in [-0.1, -0.05) is 24.8 Å². The number of hydrogen-bond acceptors (Lipinski definition) is 3. The second-order valence-corrected chi connectivity index (χ2v) is 3.90. The van der Waals surface area contributed by atoms with Crippen molar-refractivity contribution in [3.63, 3.8) is 0 Å². The van der Waals surface area contributed by atoms with Gasteiger partial charge in [0.05, 0.1) is 0 Å². The zero-order valence-corrected chi connectivity index (χ0v) is 9.35. The number of benzene rings is 1. The fourth-order valence-corrected chi connectivity index (χ4v) is 1.31. The second-order valence-electron chi connectivity index (χ2n) is 3.90. The predicted molar refractivity (Wildman–Crippen MR) is 62.5 cm³/mol. The van der Waals surface area contributed by atoms with Crippen LogP contribution in [-0.4, -0.2) is 23.6 Å². The molecule has 0 aliphatic carbocycles. The highest BCUT2D eigenvalue weighted by Gasteiger charge is 2.19. The van der Waals surface area contributed by atoms with Crippen LogP contribution in [0.1, 0.15) is 12.5 Å². The van der Waals surface area contributed by atoms with Crippen LogP contribution in [0.3, 0.4) is 0 Å². The number of aliphatic hydroxyl groups is 1. The second kappa shape index (κ2) is 5.47. The first-order valence-corrected chi connectivity index (χ1v) is 5.09. The van der Waals surface area contributed by atoms with Crippen molar-refractivity contribution in [3.05, 3.63) is 42.5 Å². The monoisotopic (exact) mass is 220 g/mol.